The Morgan fingerprint density at radius 1 is 1.64 bits per heavy atom. The third-order valence-corrected chi connectivity index (χ3v) is 1.33. The monoisotopic (exact) mass is 151 g/mol. The number of rotatable bonds is 4. The van der Waals surface area contributed by atoms with Gasteiger partial charge in [-0.25, -0.2) is 0 Å². The van der Waals surface area contributed by atoms with Crippen molar-refractivity contribution in [1.82, 2.24) is 0 Å². The lowest BCUT2D eigenvalue weighted by atomic mass is 10.1. The SMILES string of the molecule is C=C/C(C=O)=C\C(=C/C)CN. The van der Waals surface area contributed by atoms with E-state index in [1.165, 1.54) is 6.08 Å². The van der Waals surface area contributed by atoms with Crippen LogP contribution in [0, 0.1) is 0 Å². The van der Waals surface area contributed by atoms with Crippen molar-refractivity contribution in [3.8, 4) is 0 Å². The molecule has 0 aliphatic carbocycles. The normalized spacial score (nSPS) is 12.9. The average Bonchev–Trinajstić information content (AvgIpc) is 2.07. The smallest absolute Gasteiger partial charge is 0.150 e. The molecule has 0 fully saturated rings. The molecule has 0 saturated carbocycles. The number of carbonyl (C=O) groups excluding carboxylic acids is 1. The van der Waals surface area contributed by atoms with E-state index in [1.807, 2.05) is 13.0 Å². The molecule has 0 rings (SSSR count). The molecular weight excluding hydrogens is 138 g/mol. The summed E-state index contributed by atoms with van der Waals surface area (Å²) in [7, 11) is 0. The predicted molar refractivity (Wildman–Crippen MR) is 47.2 cm³/mol. The van der Waals surface area contributed by atoms with Gasteiger partial charge in [-0.05, 0) is 18.6 Å². The zero-order valence-corrected chi connectivity index (χ0v) is 6.71. The van der Waals surface area contributed by atoms with Crippen LogP contribution in [0.25, 0.3) is 0 Å². The molecule has 0 heterocycles. The van der Waals surface area contributed by atoms with Gasteiger partial charge in [0.25, 0.3) is 0 Å². The fourth-order valence-electron chi connectivity index (χ4n) is 0.615. The Morgan fingerprint density at radius 3 is 2.55 bits per heavy atom. The molecule has 0 aromatic rings. The van der Waals surface area contributed by atoms with E-state index in [9.17, 15) is 4.79 Å². The van der Waals surface area contributed by atoms with E-state index in [1.54, 1.807) is 6.08 Å². The zero-order valence-electron chi connectivity index (χ0n) is 6.71. The van der Waals surface area contributed by atoms with Crippen molar-refractivity contribution in [2.75, 3.05) is 6.54 Å². The van der Waals surface area contributed by atoms with Gasteiger partial charge in [-0.2, -0.15) is 0 Å². The maximum Gasteiger partial charge on any atom is 0.150 e. The van der Waals surface area contributed by atoms with Crippen LogP contribution in [-0.4, -0.2) is 12.8 Å². The van der Waals surface area contributed by atoms with E-state index >= 15 is 0 Å². The first-order valence-corrected chi connectivity index (χ1v) is 3.43. The second-order valence-electron chi connectivity index (χ2n) is 2.03. The molecule has 60 valence electrons. The molecule has 0 spiro atoms. The van der Waals surface area contributed by atoms with Gasteiger partial charge in [0.1, 0.15) is 6.29 Å². The fraction of sp³-hybridized carbons (Fsp3) is 0.222. The van der Waals surface area contributed by atoms with Crippen LogP contribution < -0.4 is 5.73 Å². The Kier molecular flexibility index (Phi) is 5.03. The Labute approximate surface area is 67.1 Å². The minimum absolute atomic E-state index is 0.446. The minimum Gasteiger partial charge on any atom is -0.327 e. The maximum absolute atomic E-state index is 10.3. The number of carbonyl (C=O) groups is 1. The van der Waals surface area contributed by atoms with Crippen LogP contribution in [0.1, 0.15) is 6.92 Å². The second kappa shape index (κ2) is 5.62. The van der Waals surface area contributed by atoms with Crippen LogP contribution in [0.3, 0.4) is 0 Å². The van der Waals surface area contributed by atoms with Crippen molar-refractivity contribution >= 4 is 6.29 Å². The van der Waals surface area contributed by atoms with E-state index in [4.69, 9.17) is 5.73 Å². The van der Waals surface area contributed by atoms with Crippen molar-refractivity contribution in [2.24, 2.45) is 5.73 Å². The lowest BCUT2D eigenvalue weighted by molar-refractivity contribution is -0.104. The molecule has 0 aliphatic heterocycles. The molecule has 11 heavy (non-hydrogen) atoms. The Balaban J connectivity index is 4.47. The quantitative estimate of drug-likeness (QED) is 0.373. The highest BCUT2D eigenvalue weighted by Gasteiger charge is 1.90. The number of hydrogen-bond donors (Lipinski definition) is 1. The summed E-state index contributed by atoms with van der Waals surface area (Å²) in [4.78, 5) is 10.3. The molecule has 0 saturated heterocycles. The van der Waals surface area contributed by atoms with Gasteiger partial charge in [0.05, 0.1) is 0 Å². The maximum atomic E-state index is 10.3. The molecule has 2 heteroatoms. The summed E-state index contributed by atoms with van der Waals surface area (Å²) in [6, 6.07) is 0. The van der Waals surface area contributed by atoms with E-state index in [0.717, 1.165) is 11.9 Å². The number of nitrogens with two attached hydrogens (primary N) is 1. The molecule has 0 amide bonds. The van der Waals surface area contributed by atoms with Crippen molar-refractivity contribution in [3.63, 3.8) is 0 Å². The highest BCUT2D eigenvalue weighted by Crippen LogP contribution is 1.99. The van der Waals surface area contributed by atoms with Gasteiger partial charge in [-0.15, -0.1) is 0 Å². The first kappa shape index (κ1) is 9.85. The van der Waals surface area contributed by atoms with Crippen LogP contribution in [0.15, 0.2) is 36.0 Å². The molecule has 2 nitrogen and oxygen atoms in total. The summed E-state index contributed by atoms with van der Waals surface area (Å²) in [5.74, 6) is 0. The van der Waals surface area contributed by atoms with Crippen LogP contribution in [-0.2, 0) is 4.79 Å². The van der Waals surface area contributed by atoms with Crippen LogP contribution in [0.2, 0.25) is 0 Å². The summed E-state index contributed by atoms with van der Waals surface area (Å²) in [5.41, 5.74) is 6.87. The van der Waals surface area contributed by atoms with Crippen LogP contribution in [0.4, 0.5) is 0 Å². The predicted octanol–water partition coefficient (Wildman–Crippen LogP) is 1.20. The third-order valence-electron chi connectivity index (χ3n) is 1.33. The van der Waals surface area contributed by atoms with E-state index < -0.39 is 0 Å². The van der Waals surface area contributed by atoms with Gasteiger partial charge >= 0.3 is 0 Å². The van der Waals surface area contributed by atoms with Crippen molar-refractivity contribution in [2.45, 2.75) is 6.92 Å². The van der Waals surface area contributed by atoms with Gasteiger partial charge in [0, 0.05) is 12.1 Å². The Morgan fingerprint density at radius 2 is 2.27 bits per heavy atom. The van der Waals surface area contributed by atoms with Crippen LogP contribution >= 0.6 is 0 Å². The standard InChI is InChI=1S/C9H13NO/c1-3-8(6-10)5-9(4-2)7-11/h3-5,7H,2,6,10H2,1H3/b8-3+,9-5+. The average molecular weight is 151 g/mol. The van der Waals surface area contributed by atoms with E-state index in [-0.39, 0.29) is 0 Å². The summed E-state index contributed by atoms with van der Waals surface area (Å²) < 4.78 is 0. The van der Waals surface area contributed by atoms with Crippen molar-refractivity contribution in [3.05, 3.63) is 36.0 Å². The van der Waals surface area contributed by atoms with Gasteiger partial charge in [0.2, 0.25) is 0 Å². The minimum atomic E-state index is 0.446. The second-order valence-corrected chi connectivity index (χ2v) is 2.03. The summed E-state index contributed by atoms with van der Waals surface area (Å²) in [6.45, 7) is 5.81. The third kappa shape index (κ3) is 3.53. The largest absolute Gasteiger partial charge is 0.327 e. The van der Waals surface area contributed by atoms with Gasteiger partial charge < -0.3 is 5.73 Å². The lowest BCUT2D eigenvalue weighted by Crippen LogP contribution is -2.01. The summed E-state index contributed by atoms with van der Waals surface area (Å²) in [5, 5.41) is 0. The van der Waals surface area contributed by atoms with Crippen LogP contribution in [0.5, 0.6) is 0 Å². The Hall–Kier alpha value is -1.15. The Bertz CT molecular complexity index is 192. The molecule has 0 aromatic heterocycles. The molecule has 0 aliphatic rings. The molecule has 0 atom stereocenters. The number of allylic oxidation sites excluding steroid dienone is 3. The van der Waals surface area contributed by atoms with Gasteiger partial charge in [0.15, 0.2) is 0 Å². The summed E-state index contributed by atoms with van der Waals surface area (Å²) in [6.07, 6.45) is 5.85. The highest BCUT2D eigenvalue weighted by atomic mass is 16.1. The van der Waals surface area contributed by atoms with Gasteiger partial charge in [-0.3, -0.25) is 4.79 Å². The summed E-state index contributed by atoms with van der Waals surface area (Å²) >= 11 is 0. The number of aldehydes is 1. The van der Waals surface area contributed by atoms with E-state index in [0.29, 0.717) is 12.1 Å². The lowest BCUT2D eigenvalue weighted by Gasteiger charge is -1.95. The molecule has 0 aromatic carbocycles. The first-order valence-electron chi connectivity index (χ1n) is 3.43. The van der Waals surface area contributed by atoms with Gasteiger partial charge in [-0.1, -0.05) is 18.7 Å². The van der Waals surface area contributed by atoms with E-state index in [2.05, 4.69) is 6.58 Å². The molecular formula is C9H13NO. The molecule has 0 bridgehead atoms. The fourth-order valence-corrected chi connectivity index (χ4v) is 0.615. The van der Waals surface area contributed by atoms with Crippen molar-refractivity contribution in [1.29, 1.82) is 0 Å². The number of hydrogen-bond acceptors (Lipinski definition) is 2. The molecule has 0 unspecified atom stereocenters. The van der Waals surface area contributed by atoms with Crippen molar-refractivity contribution < 1.29 is 4.79 Å². The highest BCUT2D eigenvalue weighted by molar-refractivity contribution is 5.78. The topological polar surface area (TPSA) is 43.1 Å². The molecule has 0 radical (unpaired) electrons. The molecule has 2 N–H and O–H groups in total. The zero-order chi connectivity index (χ0) is 8.69. The first-order chi connectivity index (χ1) is 5.28.